The van der Waals surface area contributed by atoms with Crippen molar-refractivity contribution in [2.75, 3.05) is 6.26 Å². The van der Waals surface area contributed by atoms with Crippen LogP contribution in [0.25, 0.3) is 0 Å². The second-order valence-electron chi connectivity index (χ2n) is 4.77. The highest BCUT2D eigenvalue weighted by atomic mass is 32.2. The van der Waals surface area contributed by atoms with Crippen molar-refractivity contribution >= 4 is 39.1 Å². The van der Waals surface area contributed by atoms with Gasteiger partial charge in [-0.3, -0.25) is 0 Å². The maximum absolute atomic E-state index is 12.2. The van der Waals surface area contributed by atoms with Gasteiger partial charge in [-0.15, -0.1) is 11.3 Å². The monoisotopic (exact) mass is 335 g/mol. The molecule has 2 N–H and O–H groups in total. The third-order valence-electron chi connectivity index (χ3n) is 3.34. The lowest BCUT2D eigenvalue weighted by Gasteiger charge is -2.28. The highest BCUT2D eigenvalue weighted by Gasteiger charge is 2.27. The van der Waals surface area contributed by atoms with E-state index >= 15 is 0 Å². The zero-order valence-corrected chi connectivity index (χ0v) is 13.5. The molecule has 1 aliphatic carbocycles. The summed E-state index contributed by atoms with van der Waals surface area (Å²) in [4.78, 5) is 10.8. The summed E-state index contributed by atoms with van der Waals surface area (Å²) in [7, 11) is -3.61. The number of carboxylic acid groups (broad SMARTS) is 1. The molecule has 0 bridgehead atoms. The molecule has 112 valence electrons. The van der Waals surface area contributed by atoms with Crippen LogP contribution in [0, 0.1) is 0 Å². The summed E-state index contributed by atoms with van der Waals surface area (Å²) in [6, 6.07) is 2.62. The van der Waals surface area contributed by atoms with E-state index in [0.717, 1.165) is 37.0 Å². The van der Waals surface area contributed by atoms with Crippen LogP contribution < -0.4 is 4.72 Å². The lowest BCUT2D eigenvalue weighted by molar-refractivity contribution is 0.0702. The number of rotatable bonds is 5. The molecule has 0 aromatic carbocycles. The van der Waals surface area contributed by atoms with E-state index in [9.17, 15) is 13.2 Å². The average Bonchev–Trinajstić information content (AvgIpc) is 2.89. The number of hydrogen-bond acceptors (Lipinski definition) is 5. The van der Waals surface area contributed by atoms with Crippen molar-refractivity contribution in [3.05, 3.63) is 17.0 Å². The number of nitrogens with one attached hydrogen (secondary N) is 1. The Kier molecular flexibility index (Phi) is 5.11. The number of aromatic carboxylic acids is 1. The quantitative estimate of drug-likeness (QED) is 0.863. The van der Waals surface area contributed by atoms with Crippen LogP contribution in [0.4, 0.5) is 0 Å². The van der Waals surface area contributed by atoms with Gasteiger partial charge in [-0.05, 0) is 37.7 Å². The fourth-order valence-electron chi connectivity index (χ4n) is 2.32. The Labute approximate surface area is 126 Å². The lowest BCUT2D eigenvalue weighted by Crippen LogP contribution is -2.38. The Morgan fingerprint density at radius 2 is 2.20 bits per heavy atom. The van der Waals surface area contributed by atoms with Gasteiger partial charge >= 0.3 is 5.97 Å². The molecule has 20 heavy (non-hydrogen) atoms. The molecule has 2 rings (SSSR count). The third-order valence-corrected chi connectivity index (χ3v) is 7.52. The zero-order chi connectivity index (χ0) is 14.8. The maximum Gasteiger partial charge on any atom is 0.345 e. The van der Waals surface area contributed by atoms with Crippen LogP contribution in [0.15, 0.2) is 16.3 Å². The molecule has 8 heteroatoms. The van der Waals surface area contributed by atoms with Crippen LogP contribution in [0.2, 0.25) is 0 Å². The number of carboxylic acids is 1. The first kappa shape index (κ1) is 15.8. The number of thiophene rings is 1. The van der Waals surface area contributed by atoms with Gasteiger partial charge in [0.05, 0.1) is 0 Å². The van der Waals surface area contributed by atoms with Crippen LogP contribution >= 0.6 is 23.1 Å². The van der Waals surface area contributed by atoms with Crippen LogP contribution in [-0.2, 0) is 10.0 Å². The summed E-state index contributed by atoms with van der Waals surface area (Å²) < 4.78 is 27.2. The van der Waals surface area contributed by atoms with Gasteiger partial charge in [0.1, 0.15) is 9.09 Å². The molecular formula is C12H17NO4S3. The van der Waals surface area contributed by atoms with Crippen molar-refractivity contribution in [1.29, 1.82) is 0 Å². The van der Waals surface area contributed by atoms with Crippen molar-refractivity contribution in [3.8, 4) is 0 Å². The highest BCUT2D eigenvalue weighted by Crippen LogP contribution is 2.29. The molecule has 0 amide bonds. The summed E-state index contributed by atoms with van der Waals surface area (Å²) in [5.74, 6) is -1.10. The first-order chi connectivity index (χ1) is 9.42. The number of sulfonamides is 1. The second kappa shape index (κ2) is 6.46. The SMILES string of the molecule is CSC1CCCC(NS(=O)(=O)c2ccc(C(=O)O)s2)C1. The fraction of sp³-hybridized carbons (Fsp3) is 0.583. The Balaban J connectivity index is 2.08. The zero-order valence-electron chi connectivity index (χ0n) is 11.0. The predicted octanol–water partition coefficient (Wildman–Crippen LogP) is 2.40. The van der Waals surface area contributed by atoms with Crippen molar-refractivity contribution in [3.63, 3.8) is 0 Å². The summed E-state index contributed by atoms with van der Waals surface area (Å²) in [6.45, 7) is 0. The van der Waals surface area contributed by atoms with Crippen LogP contribution in [0.5, 0.6) is 0 Å². The van der Waals surface area contributed by atoms with E-state index in [4.69, 9.17) is 5.11 Å². The van der Waals surface area contributed by atoms with Gasteiger partial charge in [0.25, 0.3) is 0 Å². The molecule has 1 heterocycles. The normalized spacial score (nSPS) is 23.6. The van der Waals surface area contributed by atoms with E-state index in [1.807, 2.05) is 6.26 Å². The van der Waals surface area contributed by atoms with Gasteiger partial charge in [0.2, 0.25) is 10.0 Å². The van der Waals surface area contributed by atoms with E-state index in [2.05, 4.69) is 4.72 Å². The van der Waals surface area contributed by atoms with Crippen molar-refractivity contribution in [2.45, 2.75) is 41.2 Å². The van der Waals surface area contributed by atoms with Crippen LogP contribution in [0.1, 0.15) is 35.4 Å². The largest absolute Gasteiger partial charge is 0.477 e. The van der Waals surface area contributed by atoms with Crippen LogP contribution in [-0.4, -0.2) is 37.0 Å². The minimum atomic E-state index is -3.61. The summed E-state index contributed by atoms with van der Waals surface area (Å²) in [5, 5.41) is 9.34. The summed E-state index contributed by atoms with van der Waals surface area (Å²) >= 11 is 2.56. The van der Waals surface area contributed by atoms with Gasteiger partial charge in [-0.1, -0.05) is 6.42 Å². The van der Waals surface area contributed by atoms with E-state index in [1.54, 1.807) is 11.8 Å². The number of thioether (sulfide) groups is 1. The van der Waals surface area contributed by atoms with Gasteiger partial charge < -0.3 is 5.11 Å². The molecular weight excluding hydrogens is 318 g/mol. The van der Waals surface area contributed by atoms with Gasteiger partial charge in [0, 0.05) is 11.3 Å². The fourth-order valence-corrected chi connectivity index (χ4v) is 5.60. The van der Waals surface area contributed by atoms with E-state index in [1.165, 1.54) is 12.1 Å². The van der Waals surface area contributed by atoms with Gasteiger partial charge in [0.15, 0.2) is 0 Å². The molecule has 0 radical (unpaired) electrons. The first-order valence-corrected chi connectivity index (χ1v) is 9.89. The molecule has 1 aromatic rings. The minimum absolute atomic E-state index is 0.0380. The average molecular weight is 335 g/mol. The molecule has 0 saturated heterocycles. The van der Waals surface area contributed by atoms with E-state index in [-0.39, 0.29) is 15.1 Å². The number of carbonyl (C=O) groups is 1. The van der Waals surface area contributed by atoms with Crippen LogP contribution in [0.3, 0.4) is 0 Å². The molecule has 2 atom stereocenters. The second-order valence-corrected chi connectivity index (χ2v) is 8.93. The molecule has 1 fully saturated rings. The molecule has 0 spiro atoms. The smallest absolute Gasteiger partial charge is 0.345 e. The molecule has 1 saturated carbocycles. The first-order valence-electron chi connectivity index (χ1n) is 6.30. The molecule has 1 aromatic heterocycles. The Morgan fingerprint density at radius 3 is 2.80 bits per heavy atom. The maximum atomic E-state index is 12.2. The molecule has 0 aliphatic heterocycles. The highest BCUT2D eigenvalue weighted by molar-refractivity contribution is 7.99. The predicted molar refractivity (Wildman–Crippen MR) is 81.2 cm³/mol. The van der Waals surface area contributed by atoms with Gasteiger partial charge in [-0.2, -0.15) is 11.8 Å². The molecule has 1 aliphatic rings. The van der Waals surface area contributed by atoms with Gasteiger partial charge in [-0.25, -0.2) is 17.9 Å². The van der Waals surface area contributed by atoms with Crippen molar-refractivity contribution < 1.29 is 18.3 Å². The Morgan fingerprint density at radius 1 is 1.45 bits per heavy atom. The van der Waals surface area contributed by atoms with E-state index < -0.39 is 16.0 Å². The van der Waals surface area contributed by atoms with E-state index in [0.29, 0.717) is 5.25 Å². The standard InChI is InChI=1S/C12H17NO4S3/c1-18-9-4-2-3-8(7-9)13-20(16,17)11-6-5-10(19-11)12(14)15/h5-6,8-9,13H,2-4,7H2,1H3,(H,14,15). The molecule has 2 unspecified atom stereocenters. The molecule has 5 nitrogen and oxygen atoms in total. The lowest BCUT2D eigenvalue weighted by atomic mass is 9.96. The summed E-state index contributed by atoms with van der Waals surface area (Å²) in [5.41, 5.74) is 0. The summed E-state index contributed by atoms with van der Waals surface area (Å²) in [6.07, 6.45) is 5.86. The minimum Gasteiger partial charge on any atom is -0.477 e. The third kappa shape index (κ3) is 3.75. The topological polar surface area (TPSA) is 83.5 Å². The van der Waals surface area contributed by atoms with Crippen molar-refractivity contribution in [1.82, 2.24) is 4.72 Å². The number of hydrogen-bond donors (Lipinski definition) is 2. The van der Waals surface area contributed by atoms with Crippen molar-refractivity contribution in [2.24, 2.45) is 0 Å². The Hall–Kier alpha value is -0.570. The Bertz CT molecular complexity index is 581.